The average molecular weight is 822 g/mol. The van der Waals surface area contributed by atoms with E-state index in [1.807, 2.05) is 30.3 Å². The minimum Gasteiger partial charge on any atom is -0.492 e. The lowest BCUT2D eigenvalue weighted by Crippen LogP contribution is -2.56. The van der Waals surface area contributed by atoms with Gasteiger partial charge in [-0.05, 0) is 85.8 Å². The molecule has 0 saturated carbocycles. The molecular weight excluding hydrogens is 767 g/mol. The number of ether oxygens (including phenoxy) is 2. The molecular formula is C44H55N9O7. The molecule has 0 radical (unpaired) electrons. The predicted molar refractivity (Wildman–Crippen MR) is 226 cm³/mol. The van der Waals surface area contributed by atoms with E-state index in [0.717, 1.165) is 19.3 Å². The number of rotatable bonds is 16. The highest BCUT2D eigenvalue weighted by atomic mass is 16.5. The third-order valence-corrected chi connectivity index (χ3v) is 9.71. The van der Waals surface area contributed by atoms with E-state index < -0.39 is 53.7 Å². The van der Waals surface area contributed by atoms with Crippen molar-refractivity contribution < 1.29 is 33.4 Å². The first-order chi connectivity index (χ1) is 28.9. The number of likely N-dealkylation sites (N-methyl/N-ethyl adjacent to an activating group) is 1. The molecule has 1 aliphatic heterocycles. The van der Waals surface area contributed by atoms with Gasteiger partial charge >= 0.3 is 0 Å². The number of unbranched alkanes of at least 4 members (excludes halogenated alkanes) is 1. The second-order valence-corrected chi connectivity index (χ2v) is 14.2. The van der Waals surface area contributed by atoms with Crippen LogP contribution in [0.25, 0.3) is 11.1 Å². The molecule has 4 atom stereocenters. The topological polar surface area (TPSA) is 257 Å². The Balaban J connectivity index is 1.80. The second-order valence-electron chi connectivity index (χ2n) is 14.2. The number of amides is 5. The third kappa shape index (κ3) is 12.8. The van der Waals surface area contributed by atoms with Crippen LogP contribution in [0.15, 0.2) is 60.7 Å². The van der Waals surface area contributed by atoms with Crippen molar-refractivity contribution in [2.75, 3.05) is 46.4 Å². The molecule has 16 nitrogen and oxygen atoms in total. The zero-order chi connectivity index (χ0) is 43.6. The van der Waals surface area contributed by atoms with Crippen molar-refractivity contribution in [3.8, 4) is 40.5 Å². The highest BCUT2D eigenvalue weighted by Crippen LogP contribution is 2.40. The molecule has 318 valence electrons. The number of nitrogens with two attached hydrogens (primary N) is 3. The molecule has 5 amide bonds. The fourth-order valence-electron chi connectivity index (χ4n) is 6.59. The average Bonchev–Trinajstić information content (AvgIpc) is 3.25. The van der Waals surface area contributed by atoms with Crippen LogP contribution in [0.3, 0.4) is 0 Å². The van der Waals surface area contributed by atoms with E-state index in [0.29, 0.717) is 39.3 Å². The molecule has 1 aliphatic rings. The van der Waals surface area contributed by atoms with Gasteiger partial charge in [0.05, 0.1) is 6.07 Å². The first kappa shape index (κ1) is 46.2. The van der Waals surface area contributed by atoms with Gasteiger partial charge in [0.2, 0.25) is 23.6 Å². The molecule has 4 bridgehead atoms. The largest absolute Gasteiger partial charge is 0.492 e. The van der Waals surface area contributed by atoms with Crippen LogP contribution < -0.4 is 47.9 Å². The van der Waals surface area contributed by atoms with Crippen LogP contribution in [0.5, 0.6) is 11.5 Å². The Hall–Kier alpha value is -6.46. The van der Waals surface area contributed by atoms with E-state index in [4.69, 9.17) is 31.9 Å². The summed E-state index contributed by atoms with van der Waals surface area (Å²) in [6.45, 7) is 3.99. The summed E-state index contributed by atoms with van der Waals surface area (Å²) in [4.78, 5) is 70.0. The summed E-state index contributed by atoms with van der Waals surface area (Å²) in [6, 6.07) is 14.7. The summed E-state index contributed by atoms with van der Waals surface area (Å²) in [5.74, 6) is 2.76. The van der Waals surface area contributed by atoms with E-state index in [-0.39, 0.29) is 52.2 Å². The van der Waals surface area contributed by atoms with Gasteiger partial charge in [-0.15, -0.1) is 0 Å². The number of nitriles is 1. The maximum absolute atomic E-state index is 14.4. The third-order valence-electron chi connectivity index (χ3n) is 9.71. The molecule has 1 heterocycles. The zero-order valence-electron chi connectivity index (χ0n) is 34.3. The highest BCUT2D eigenvalue weighted by molar-refractivity contribution is 5.99. The lowest BCUT2D eigenvalue weighted by molar-refractivity contribution is -0.142. The summed E-state index contributed by atoms with van der Waals surface area (Å²) in [7, 11) is 1.41. The van der Waals surface area contributed by atoms with Crippen molar-refractivity contribution >= 4 is 29.5 Å². The van der Waals surface area contributed by atoms with E-state index in [1.54, 1.807) is 36.4 Å². The number of fused-ring (bicyclic) bond motifs is 5. The Morgan fingerprint density at radius 3 is 2.22 bits per heavy atom. The molecule has 0 spiro atoms. The molecule has 60 heavy (non-hydrogen) atoms. The first-order valence-corrected chi connectivity index (χ1v) is 20.0. The number of hydrogen-bond acceptors (Lipinski definition) is 11. The van der Waals surface area contributed by atoms with Gasteiger partial charge < -0.3 is 52.8 Å². The maximum Gasteiger partial charge on any atom is 0.296 e. The fourth-order valence-corrected chi connectivity index (χ4v) is 6.59. The molecule has 0 saturated heterocycles. The second kappa shape index (κ2) is 23.2. The maximum atomic E-state index is 14.4. The van der Waals surface area contributed by atoms with E-state index in [9.17, 15) is 24.0 Å². The zero-order valence-corrected chi connectivity index (χ0v) is 34.3. The SMILES string of the molecule is CCCCc1ccc(C#CC(=O)N[C@@H](CCN)C(=O)N(C)[C@@H]2C(=O)N[C@@H](C)C(=O)N[C@H](C(=O)NCC#N)Cc3ccc(OCCN)c(c3)-c3cc2ccc3OCCN)cc1. The highest BCUT2D eigenvalue weighted by Gasteiger charge is 2.36. The summed E-state index contributed by atoms with van der Waals surface area (Å²) >= 11 is 0. The number of nitrogens with zero attached hydrogens (tertiary/aromatic N) is 2. The lowest BCUT2D eigenvalue weighted by Gasteiger charge is -2.32. The molecule has 0 aromatic heterocycles. The van der Waals surface area contributed by atoms with Crippen molar-refractivity contribution in [3.05, 3.63) is 82.9 Å². The van der Waals surface area contributed by atoms with Gasteiger partial charge in [0.1, 0.15) is 55.4 Å². The summed E-state index contributed by atoms with van der Waals surface area (Å²) < 4.78 is 12.1. The van der Waals surface area contributed by atoms with E-state index in [2.05, 4.69) is 40.0 Å². The molecule has 10 N–H and O–H groups in total. The van der Waals surface area contributed by atoms with Crippen molar-refractivity contribution in [2.45, 2.75) is 70.1 Å². The standard InChI is InChI=1S/C44H55N9O7/c1-4-5-6-29-7-9-30(10-8-29)12-16-39(54)51-35(17-18-45)44(58)53(3)40-32-13-15-38(60-24-21-48)34(27-32)33-25-31(11-14-37(33)59-23-20-47)26-36(42(56)49-22-19-46)52-41(55)28(2)50-43(40)57/h7-11,13-15,25,27-28,35-36,40H,4-6,17-18,20-24,26,45,47-48H2,1-3H3,(H,49,56)(H,50,57)(H,51,54)(H,52,55)/t28-,35-,36-,40-/m0/s1. The number of carbonyl (C=O) groups excluding carboxylic acids is 5. The molecule has 3 aromatic carbocycles. The normalized spacial score (nSPS) is 16.6. The summed E-state index contributed by atoms with van der Waals surface area (Å²) in [5, 5.41) is 19.7. The first-order valence-electron chi connectivity index (χ1n) is 20.0. The van der Waals surface area contributed by atoms with Crippen molar-refractivity contribution in [1.29, 1.82) is 5.26 Å². The number of nitrogens with one attached hydrogen (secondary N) is 4. The van der Waals surface area contributed by atoms with Gasteiger partial charge in [0.25, 0.3) is 5.91 Å². The Morgan fingerprint density at radius 1 is 0.917 bits per heavy atom. The Labute approximate surface area is 350 Å². The Kier molecular flexibility index (Phi) is 17.9. The van der Waals surface area contributed by atoms with E-state index in [1.165, 1.54) is 24.4 Å². The minimum absolute atomic E-state index is 0.0103. The number of hydrogen-bond donors (Lipinski definition) is 7. The van der Waals surface area contributed by atoms with Crippen molar-refractivity contribution in [1.82, 2.24) is 26.2 Å². The van der Waals surface area contributed by atoms with Crippen LogP contribution in [0.1, 0.15) is 61.4 Å². The van der Waals surface area contributed by atoms with Crippen LogP contribution in [-0.2, 0) is 36.8 Å². The fraction of sp³-hybridized carbons (Fsp3) is 0.409. The molecule has 0 unspecified atom stereocenters. The van der Waals surface area contributed by atoms with Crippen molar-refractivity contribution in [3.63, 3.8) is 0 Å². The molecule has 16 heteroatoms. The van der Waals surface area contributed by atoms with Crippen LogP contribution in [0.4, 0.5) is 0 Å². The molecule has 3 aromatic rings. The monoisotopic (exact) mass is 821 g/mol. The van der Waals surface area contributed by atoms with Crippen LogP contribution in [0, 0.1) is 23.2 Å². The van der Waals surface area contributed by atoms with Crippen LogP contribution >= 0.6 is 0 Å². The van der Waals surface area contributed by atoms with Gasteiger partial charge in [-0.25, -0.2) is 0 Å². The van der Waals surface area contributed by atoms with Gasteiger partial charge in [0, 0.05) is 49.2 Å². The van der Waals surface area contributed by atoms with Crippen LogP contribution in [-0.4, -0.2) is 99.0 Å². The van der Waals surface area contributed by atoms with Crippen LogP contribution in [0.2, 0.25) is 0 Å². The number of carbonyl (C=O) groups is 5. The number of aryl methyl sites for hydroxylation is 1. The Bertz CT molecular complexity index is 2090. The predicted octanol–water partition coefficient (Wildman–Crippen LogP) is 0.941. The van der Waals surface area contributed by atoms with Gasteiger partial charge in [-0.3, -0.25) is 24.0 Å². The minimum atomic E-state index is -1.38. The molecule has 0 aliphatic carbocycles. The molecule has 0 fully saturated rings. The Morgan fingerprint density at radius 2 is 1.58 bits per heavy atom. The number of benzene rings is 3. The quantitative estimate of drug-likeness (QED) is 0.0791. The van der Waals surface area contributed by atoms with Gasteiger partial charge in [-0.2, -0.15) is 5.26 Å². The summed E-state index contributed by atoms with van der Waals surface area (Å²) in [5.41, 5.74) is 21.2. The van der Waals surface area contributed by atoms with E-state index >= 15 is 0 Å². The summed E-state index contributed by atoms with van der Waals surface area (Å²) in [6.07, 6.45) is 3.12. The molecule has 4 rings (SSSR count). The smallest absolute Gasteiger partial charge is 0.296 e. The van der Waals surface area contributed by atoms with Crippen molar-refractivity contribution in [2.24, 2.45) is 17.2 Å². The van der Waals surface area contributed by atoms with Gasteiger partial charge in [0.15, 0.2) is 0 Å². The van der Waals surface area contributed by atoms with Gasteiger partial charge in [-0.1, -0.05) is 43.5 Å². The lowest BCUT2D eigenvalue weighted by atomic mass is 9.93.